The van der Waals surface area contributed by atoms with Crippen LogP contribution in [0, 0.1) is 0 Å². The number of esters is 1. The van der Waals surface area contributed by atoms with E-state index in [1.165, 1.54) is 19.2 Å². The maximum absolute atomic E-state index is 12.5. The fraction of sp³-hybridized carbons (Fsp3) is 0.300. The highest BCUT2D eigenvalue weighted by atomic mass is 16.5. The Hall–Kier alpha value is -3.22. The summed E-state index contributed by atoms with van der Waals surface area (Å²) in [6.07, 6.45) is 1.89. The number of nitrogens with one attached hydrogen (secondary N) is 1. The van der Waals surface area contributed by atoms with E-state index < -0.39 is 11.9 Å². The number of amides is 2. The van der Waals surface area contributed by atoms with Crippen LogP contribution in [0.2, 0.25) is 0 Å². The maximum Gasteiger partial charge on any atom is 0.337 e. The molecule has 0 spiro atoms. The number of methoxy groups -OCH3 is 1. The summed E-state index contributed by atoms with van der Waals surface area (Å²) in [6, 6.07) is 11.1. The molecule has 1 N–H and O–H groups in total. The van der Waals surface area contributed by atoms with Crippen LogP contribution < -0.4 is 5.32 Å². The van der Waals surface area contributed by atoms with Crippen molar-refractivity contribution >= 4 is 23.5 Å². The van der Waals surface area contributed by atoms with Crippen LogP contribution in [-0.2, 0) is 4.74 Å². The highest BCUT2D eigenvalue weighted by Crippen LogP contribution is 2.13. The third-order valence-electron chi connectivity index (χ3n) is 3.94. The van der Waals surface area contributed by atoms with Crippen molar-refractivity contribution in [3.8, 4) is 0 Å². The van der Waals surface area contributed by atoms with Gasteiger partial charge >= 0.3 is 5.97 Å². The van der Waals surface area contributed by atoms with Crippen molar-refractivity contribution < 1.29 is 19.1 Å². The molecule has 0 fully saturated rings. The van der Waals surface area contributed by atoms with Crippen molar-refractivity contribution in [1.82, 2.24) is 9.88 Å². The highest BCUT2D eigenvalue weighted by molar-refractivity contribution is 6.04. The van der Waals surface area contributed by atoms with E-state index in [0.29, 0.717) is 17.8 Å². The minimum atomic E-state index is -0.494. The summed E-state index contributed by atoms with van der Waals surface area (Å²) in [5.41, 5.74) is 1.09. The van der Waals surface area contributed by atoms with Crippen LogP contribution in [-0.4, -0.2) is 48.4 Å². The zero-order valence-electron chi connectivity index (χ0n) is 15.7. The fourth-order valence-corrected chi connectivity index (χ4v) is 2.41. The molecule has 0 saturated heterocycles. The van der Waals surface area contributed by atoms with Gasteiger partial charge in [-0.15, -0.1) is 0 Å². The molecule has 1 aromatic heterocycles. The number of carbonyl (C=O) groups is 3. The van der Waals surface area contributed by atoms with E-state index in [4.69, 9.17) is 0 Å². The van der Waals surface area contributed by atoms with Crippen molar-refractivity contribution in [2.75, 3.05) is 26.0 Å². The fourth-order valence-electron chi connectivity index (χ4n) is 2.41. The SMILES string of the molecule is CCCCN(C)C(=O)c1cccc(C(=O)Nc2cccc(C(=O)OC)c2)n1. The van der Waals surface area contributed by atoms with Crippen LogP contribution in [0.25, 0.3) is 0 Å². The van der Waals surface area contributed by atoms with Gasteiger partial charge in [-0.2, -0.15) is 0 Å². The first-order chi connectivity index (χ1) is 13.0. The van der Waals surface area contributed by atoms with E-state index >= 15 is 0 Å². The number of anilines is 1. The number of hydrogen-bond donors (Lipinski definition) is 1. The molecule has 0 aliphatic rings. The average molecular weight is 369 g/mol. The van der Waals surface area contributed by atoms with Gasteiger partial charge in [0.05, 0.1) is 12.7 Å². The number of benzene rings is 1. The molecule has 142 valence electrons. The summed E-state index contributed by atoms with van der Waals surface area (Å²) < 4.78 is 4.67. The Morgan fingerprint density at radius 1 is 1.11 bits per heavy atom. The van der Waals surface area contributed by atoms with Crippen molar-refractivity contribution in [3.63, 3.8) is 0 Å². The van der Waals surface area contributed by atoms with Crippen molar-refractivity contribution in [2.45, 2.75) is 19.8 Å². The number of ether oxygens (including phenoxy) is 1. The molecular formula is C20H23N3O4. The van der Waals surface area contributed by atoms with Crippen LogP contribution in [0.4, 0.5) is 5.69 Å². The van der Waals surface area contributed by atoms with Gasteiger partial charge in [-0.25, -0.2) is 9.78 Å². The van der Waals surface area contributed by atoms with Gasteiger partial charge in [0, 0.05) is 19.3 Å². The van der Waals surface area contributed by atoms with Gasteiger partial charge in [-0.05, 0) is 36.8 Å². The Bertz CT molecular complexity index is 835. The standard InChI is InChI=1S/C20H23N3O4/c1-4-5-12-23(2)19(25)17-11-7-10-16(22-17)18(24)21-15-9-6-8-14(13-15)20(26)27-3/h6-11,13H,4-5,12H2,1-3H3,(H,21,24). The van der Waals surface area contributed by atoms with Crippen molar-refractivity contribution in [2.24, 2.45) is 0 Å². The molecule has 1 heterocycles. The summed E-state index contributed by atoms with van der Waals surface area (Å²) in [6.45, 7) is 2.68. The van der Waals surface area contributed by atoms with E-state index in [-0.39, 0.29) is 17.3 Å². The zero-order chi connectivity index (χ0) is 19.8. The second-order valence-electron chi connectivity index (χ2n) is 6.01. The van der Waals surface area contributed by atoms with Crippen molar-refractivity contribution in [1.29, 1.82) is 0 Å². The maximum atomic E-state index is 12.5. The first-order valence-corrected chi connectivity index (χ1v) is 8.68. The Labute approximate surface area is 158 Å². The number of rotatable bonds is 7. The van der Waals surface area contributed by atoms with E-state index in [1.807, 2.05) is 0 Å². The molecule has 0 radical (unpaired) electrons. The molecule has 2 rings (SSSR count). The zero-order valence-corrected chi connectivity index (χ0v) is 15.7. The molecule has 7 nitrogen and oxygen atoms in total. The normalized spacial score (nSPS) is 10.2. The van der Waals surface area contributed by atoms with Gasteiger partial charge in [0.1, 0.15) is 11.4 Å². The molecule has 0 atom stereocenters. The molecule has 0 unspecified atom stereocenters. The second-order valence-corrected chi connectivity index (χ2v) is 6.01. The van der Waals surface area contributed by atoms with Gasteiger partial charge in [-0.1, -0.05) is 25.5 Å². The lowest BCUT2D eigenvalue weighted by molar-refractivity contribution is 0.0600. The first kappa shape index (κ1) is 20.1. The molecule has 0 bridgehead atoms. The van der Waals surface area contributed by atoms with E-state index in [0.717, 1.165) is 12.8 Å². The number of pyridine rings is 1. The highest BCUT2D eigenvalue weighted by Gasteiger charge is 2.16. The first-order valence-electron chi connectivity index (χ1n) is 8.68. The van der Waals surface area contributed by atoms with Gasteiger partial charge in [0.2, 0.25) is 0 Å². The minimum absolute atomic E-state index is 0.119. The molecule has 0 saturated carbocycles. The molecule has 27 heavy (non-hydrogen) atoms. The largest absolute Gasteiger partial charge is 0.465 e. The van der Waals surface area contributed by atoms with Crippen LogP contribution in [0.15, 0.2) is 42.5 Å². The van der Waals surface area contributed by atoms with Crippen LogP contribution in [0.1, 0.15) is 51.1 Å². The van der Waals surface area contributed by atoms with Crippen LogP contribution in [0.3, 0.4) is 0 Å². The third kappa shape index (κ3) is 5.37. The predicted octanol–water partition coefficient (Wildman–Crippen LogP) is 2.99. The predicted molar refractivity (Wildman–Crippen MR) is 102 cm³/mol. The third-order valence-corrected chi connectivity index (χ3v) is 3.94. The molecule has 0 aliphatic carbocycles. The van der Waals surface area contributed by atoms with E-state index in [1.54, 1.807) is 42.3 Å². The number of nitrogens with zero attached hydrogens (tertiary/aromatic N) is 2. The Kier molecular flexibility index (Phi) is 7.05. The summed E-state index contributed by atoms with van der Waals surface area (Å²) in [4.78, 5) is 42.2. The number of carbonyl (C=O) groups excluding carboxylic acids is 3. The summed E-state index contributed by atoms with van der Waals surface area (Å²) in [5, 5.41) is 2.67. The average Bonchev–Trinajstić information content (AvgIpc) is 2.71. The number of unbranched alkanes of at least 4 members (excludes halogenated alkanes) is 1. The molecule has 2 aromatic rings. The molecule has 2 amide bonds. The lowest BCUT2D eigenvalue weighted by Gasteiger charge is -2.16. The van der Waals surface area contributed by atoms with Crippen LogP contribution in [0.5, 0.6) is 0 Å². The Balaban J connectivity index is 2.13. The molecule has 7 heteroatoms. The summed E-state index contributed by atoms with van der Waals surface area (Å²) in [7, 11) is 3.00. The number of hydrogen-bond acceptors (Lipinski definition) is 5. The number of aromatic nitrogens is 1. The van der Waals surface area contributed by atoms with Gasteiger partial charge < -0.3 is 15.0 Å². The smallest absolute Gasteiger partial charge is 0.337 e. The van der Waals surface area contributed by atoms with Crippen molar-refractivity contribution in [3.05, 3.63) is 59.4 Å². The lowest BCUT2D eigenvalue weighted by atomic mass is 10.2. The quantitative estimate of drug-likeness (QED) is 0.758. The van der Waals surface area contributed by atoms with E-state index in [2.05, 4.69) is 22.0 Å². The lowest BCUT2D eigenvalue weighted by Crippen LogP contribution is -2.29. The summed E-state index contributed by atoms with van der Waals surface area (Å²) in [5.74, 6) is -1.19. The monoisotopic (exact) mass is 369 g/mol. The molecular weight excluding hydrogens is 346 g/mol. The minimum Gasteiger partial charge on any atom is -0.465 e. The van der Waals surface area contributed by atoms with Crippen LogP contribution >= 0.6 is 0 Å². The Morgan fingerprint density at radius 2 is 1.81 bits per heavy atom. The Morgan fingerprint density at radius 3 is 2.52 bits per heavy atom. The van der Waals surface area contributed by atoms with Gasteiger partial charge in [-0.3, -0.25) is 9.59 Å². The second kappa shape index (κ2) is 9.47. The van der Waals surface area contributed by atoms with Gasteiger partial charge in [0.25, 0.3) is 11.8 Å². The topological polar surface area (TPSA) is 88.6 Å². The molecule has 1 aromatic carbocycles. The van der Waals surface area contributed by atoms with E-state index in [9.17, 15) is 14.4 Å². The summed E-state index contributed by atoms with van der Waals surface area (Å²) >= 11 is 0. The molecule has 0 aliphatic heterocycles. The van der Waals surface area contributed by atoms with Gasteiger partial charge in [0.15, 0.2) is 0 Å².